The number of benzene rings is 1. The minimum Gasteiger partial charge on any atom is -0.444 e. The van der Waals surface area contributed by atoms with Gasteiger partial charge in [0, 0.05) is 27.6 Å². The molecule has 0 aliphatic carbocycles. The number of amides is 1. The van der Waals surface area contributed by atoms with Crippen molar-refractivity contribution in [2.24, 2.45) is 0 Å². The minimum atomic E-state index is -0.625. The number of likely N-dealkylation sites (tertiary alicyclic amines) is 1. The molecule has 172 valence electrons. The van der Waals surface area contributed by atoms with E-state index in [-0.39, 0.29) is 34.9 Å². The molecule has 0 radical (unpaired) electrons. The molecule has 1 aromatic carbocycles. The van der Waals surface area contributed by atoms with Crippen molar-refractivity contribution in [3.8, 4) is 6.07 Å². The molecule has 0 saturated carbocycles. The highest BCUT2D eigenvalue weighted by molar-refractivity contribution is 14.1. The van der Waals surface area contributed by atoms with E-state index in [2.05, 4.69) is 32.3 Å². The van der Waals surface area contributed by atoms with E-state index in [1.807, 2.05) is 22.6 Å². The van der Waals surface area contributed by atoms with Gasteiger partial charge in [-0.1, -0.05) is 11.6 Å². The molecular formula is C21H23BrClFIN5O2. The van der Waals surface area contributed by atoms with Gasteiger partial charge >= 0.3 is 6.09 Å². The molecule has 1 saturated heterocycles. The van der Waals surface area contributed by atoms with Crippen LogP contribution in [0.2, 0.25) is 5.15 Å². The fraction of sp³-hybridized carbons (Fsp3) is 0.476. The number of anilines is 2. The molecule has 1 aliphatic heterocycles. The van der Waals surface area contributed by atoms with Crippen LogP contribution in [0.5, 0.6) is 0 Å². The van der Waals surface area contributed by atoms with Gasteiger partial charge in [-0.05, 0) is 78.2 Å². The summed E-state index contributed by atoms with van der Waals surface area (Å²) in [6.45, 7) is 5.82. The summed E-state index contributed by atoms with van der Waals surface area (Å²) in [5.74, 6) is -0.515. The maximum absolute atomic E-state index is 14.8. The van der Waals surface area contributed by atoms with Crippen LogP contribution in [0, 0.1) is 20.7 Å². The van der Waals surface area contributed by atoms with Crippen LogP contribution in [0.25, 0.3) is 10.9 Å². The van der Waals surface area contributed by atoms with Crippen LogP contribution in [-0.2, 0) is 4.74 Å². The van der Waals surface area contributed by atoms with E-state index in [1.165, 1.54) is 0 Å². The van der Waals surface area contributed by atoms with Gasteiger partial charge < -0.3 is 20.7 Å². The highest BCUT2D eigenvalue weighted by atomic mass is 127. The number of halogens is 4. The number of hydrogen-bond acceptors (Lipinski definition) is 6. The van der Waals surface area contributed by atoms with Crippen molar-refractivity contribution in [2.45, 2.75) is 57.7 Å². The van der Waals surface area contributed by atoms with Crippen LogP contribution in [-0.4, -0.2) is 40.2 Å². The summed E-state index contributed by atoms with van der Waals surface area (Å²) in [5.41, 5.74) is 6.42. The fourth-order valence-corrected chi connectivity index (χ4v) is 4.72. The largest absolute Gasteiger partial charge is 0.444 e. The monoisotopic (exact) mass is 637 g/mol. The van der Waals surface area contributed by atoms with Crippen molar-refractivity contribution in [1.82, 2.24) is 9.88 Å². The molecule has 0 bridgehead atoms. The van der Waals surface area contributed by atoms with Gasteiger partial charge in [-0.3, -0.25) is 0 Å². The molecule has 7 nitrogen and oxygen atoms in total. The Balaban J connectivity index is 1.91. The van der Waals surface area contributed by atoms with Gasteiger partial charge in [0.2, 0.25) is 0 Å². The molecular weight excluding hydrogens is 616 g/mol. The van der Waals surface area contributed by atoms with Crippen LogP contribution in [0.4, 0.5) is 20.6 Å². The second-order valence-electron chi connectivity index (χ2n) is 8.63. The fourth-order valence-electron chi connectivity index (χ4n) is 3.69. The predicted molar refractivity (Wildman–Crippen MR) is 135 cm³/mol. The zero-order valence-electron chi connectivity index (χ0n) is 17.8. The topological polar surface area (TPSA) is 104 Å². The molecule has 1 aliphatic rings. The van der Waals surface area contributed by atoms with Gasteiger partial charge in [0.05, 0.1) is 28.3 Å². The van der Waals surface area contributed by atoms with Crippen molar-refractivity contribution in [1.29, 1.82) is 5.26 Å². The third-order valence-corrected chi connectivity index (χ3v) is 7.78. The maximum Gasteiger partial charge on any atom is 0.410 e. The lowest BCUT2D eigenvalue weighted by atomic mass is 9.95. The van der Waals surface area contributed by atoms with E-state index < -0.39 is 17.5 Å². The molecule has 3 rings (SSSR count). The SMILES string of the molecule is CC(C)(C)OC(=O)N1CC[C@H](Nc2c(N)c(Cl)nc3c(F)c(Br)c(I)cc23)C[C@H]1CC#N. The number of pyridine rings is 1. The number of carbonyl (C=O) groups excluding carboxylic acids is 1. The number of fused-ring (bicyclic) bond motifs is 1. The molecule has 1 amide bonds. The quantitative estimate of drug-likeness (QED) is 0.240. The number of nitrogen functional groups attached to an aromatic ring is 1. The van der Waals surface area contributed by atoms with E-state index in [9.17, 15) is 14.4 Å². The first-order valence-electron chi connectivity index (χ1n) is 9.98. The van der Waals surface area contributed by atoms with Crippen molar-refractivity contribution in [2.75, 3.05) is 17.6 Å². The summed E-state index contributed by atoms with van der Waals surface area (Å²) in [7, 11) is 0. The van der Waals surface area contributed by atoms with E-state index in [0.29, 0.717) is 38.5 Å². The molecule has 3 N–H and O–H groups in total. The Kier molecular flexibility index (Phi) is 7.62. The molecule has 0 unspecified atom stereocenters. The van der Waals surface area contributed by atoms with E-state index in [1.54, 1.807) is 31.7 Å². The Morgan fingerprint density at radius 2 is 2.25 bits per heavy atom. The van der Waals surface area contributed by atoms with Gasteiger partial charge in [0.1, 0.15) is 11.1 Å². The number of rotatable bonds is 3. The molecule has 1 aromatic heterocycles. The Morgan fingerprint density at radius 3 is 2.88 bits per heavy atom. The second kappa shape index (κ2) is 9.73. The van der Waals surface area contributed by atoms with Crippen molar-refractivity contribution >= 4 is 78.5 Å². The van der Waals surface area contributed by atoms with Crippen LogP contribution >= 0.6 is 50.1 Å². The third kappa shape index (κ3) is 5.31. The van der Waals surface area contributed by atoms with E-state index >= 15 is 0 Å². The first-order valence-corrected chi connectivity index (χ1v) is 12.2. The lowest BCUT2D eigenvalue weighted by molar-refractivity contribution is 0.00954. The van der Waals surface area contributed by atoms with Gasteiger partial charge in [0.15, 0.2) is 11.0 Å². The number of ether oxygens (including phenoxy) is 1. The third-order valence-electron chi connectivity index (χ3n) is 5.13. The minimum absolute atomic E-state index is 0.00627. The summed E-state index contributed by atoms with van der Waals surface area (Å²) in [6.07, 6.45) is 0.834. The Bertz CT molecular complexity index is 1100. The van der Waals surface area contributed by atoms with Crippen LogP contribution in [0.15, 0.2) is 10.5 Å². The van der Waals surface area contributed by atoms with Gasteiger partial charge in [-0.2, -0.15) is 5.26 Å². The molecule has 1 fully saturated rings. The average molecular weight is 639 g/mol. The van der Waals surface area contributed by atoms with Crippen LogP contribution < -0.4 is 11.1 Å². The summed E-state index contributed by atoms with van der Waals surface area (Å²) in [6, 6.07) is 3.50. The maximum atomic E-state index is 14.8. The van der Waals surface area contributed by atoms with Gasteiger partial charge in [0.25, 0.3) is 0 Å². The number of aromatic nitrogens is 1. The lowest BCUT2D eigenvalue weighted by Crippen LogP contribution is -2.50. The predicted octanol–water partition coefficient (Wildman–Crippen LogP) is 6.07. The Labute approximate surface area is 213 Å². The Morgan fingerprint density at radius 1 is 1.56 bits per heavy atom. The number of nitrogens with one attached hydrogen (secondary N) is 1. The second-order valence-corrected chi connectivity index (χ2v) is 10.9. The molecule has 2 heterocycles. The van der Waals surface area contributed by atoms with Gasteiger partial charge in [-0.25, -0.2) is 14.2 Å². The summed E-state index contributed by atoms with van der Waals surface area (Å²) in [4.78, 5) is 18.4. The molecule has 32 heavy (non-hydrogen) atoms. The standard InChI is InChI=1S/C21H23BrClFIN5O2/c1-21(2,3)32-20(31)30-7-5-10(8-11(30)4-6-26)28-18-12-9-13(25)14(22)15(24)17(12)29-19(23)16(18)27/h9-11H,4-5,7-8,27H2,1-3H3,(H,28,29)/t10-,11+/m0/s1. The number of piperidine rings is 1. The van der Waals surface area contributed by atoms with Crippen molar-refractivity contribution < 1.29 is 13.9 Å². The summed E-state index contributed by atoms with van der Waals surface area (Å²) < 4.78 is 21.3. The van der Waals surface area contributed by atoms with Crippen LogP contribution in [0.1, 0.15) is 40.0 Å². The van der Waals surface area contributed by atoms with E-state index in [0.717, 1.165) is 0 Å². The lowest BCUT2D eigenvalue weighted by Gasteiger charge is -2.39. The molecule has 11 heteroatoms. The highest BCUT2D eigenvalue weighted by Crippen LogP contribution is 2.39. The smallest absolute Gasteiger partial charge is 0.410 e. The average Bonchev–Trinajstić information content (AvgIpc) is 2.70. The summed E-state index contributed by atoms with van der Waals surface area (Å²) >= 11 is 11.5. The number of carbonyl (C=O) groups is 1. The highest BCUT2D eigenvalue weighted by Gasteiger charge is 2.34. The zero-order chi connectivity index (χ0) is 23.8. The van der Waals surface area contributed by atoms with Crippen LogP contribution in [0.3, 0.4) is 0 Å². The molecule has 2 atom stereocenters. The Hall–Kier alpha value is -1.58. The molecule has 0 spiro atoms. The number of hydrogen-bond donors (Lipinski definition) is 2. The van der Waals surface area contributed by atoms with Crippen molar-refractivity contribution in [3.05, 3.63) is 25.1 Å². The van der Waals surface area contributed by atoms with Gasteiger partial charge in [-0.15, -0.1) is 0 Å². The van der Waals surface area contributed by atoms with E-state index in [4.69, 9.17) is 22.1 Å². The zero-order valence-corrected chi connectivity index (χ0v) is 22.3. The first-order chi connectivity index (χ1) is 14.9. The number of nitrogens with two attached hydrogens (primary N) is 1. The number of nitrogens with zero attached hydrogens (tertiary/aromatic N) is 3. The summed E-state index contributed by atoms with van der Waals surface area (Å²) in [5, 5.41) is 13.2. The van der Waals surface area contributed by atoms with Crippen molar-refractivity contribution in [3.63, 3.8) is 0 Å². The first kappa shape index (κ1) is 25.1. The normalized spacial score (nSPS) is 19.0. The number of nitriles is 1. The molecule has 2 aromatic rings.